The molecule has 9 heteroatoms. The number of nitrogens with zero attached hydrogens (tertiary/aromatic N) is 2. The Kier molecular flexibility index (Phi) is 5.35. The highest BCUT2D eigenvalue weighted by molar-refractivity contribution is 5.89. The SMILES string of the molecule is COC(=O)COc1ccc(NC(=O)N[C@H](C)c2nc(C3CC3)no2)cc1. The maximum atomic E-state index is 12.1. The van der Waals surface area contributed by atoms with E-state index in [1.165, 1.54) is 7.11 Å². The normalized spacial score (nSPS) is 14.4. The summed E-state index contributed by atoms with van der Waals surface area (Å²) in [5.41, 5.74) is 0.573. The van der Waals surface area contributed by atoms with Gasteiger partial charge in [0.15, 0.2) is 12.4 Å². The highest BCUT2D eigenvalue weighted by atomic mass is 16.6. The number of anilines is 1. The summed E-state index contributed by atoms with van der Waals surface area (Å²) in [6.45, 7) is 1.60. The van der Waals surface area contributed by atoms with E-state index in [1.54, 1.807) is 31.2 Å². The molecule has 26 heavy (non-hydrogen) atoms. The maximum absolute atomic E-state index is 12.1. The van der Waals surface area contributed by atoms with Crippen LogP contribution < -0.4 is 15.4 Å². The van der Waals surface area contributed by atoms with E-state index in [2.05, 4.69) is 25.5 Å². The smallest absolute Gasteiger partial charge is 0.343 e. The van der Waals surface area contributed by atoms with Gasteiger partial charge in [-0.05, 0) is 44.0 Å². The van der Waals surface area contributed by atoms with Gasteiger partial charge in [0.2, 0.25) is 5.89 Å². The van der Waals surface area contributed by atoms with E-state index in [0.717, 1.165) is 12.8 Å². The number of hydrogen-bond acceptors (Lipinski definition) is 7. The van der Waals surface area contributed by atoms with Crippen LogP contribution >= 0.6 is 0 Å². The van der Waals surface area contributed by atoms with Gasteiger partial charge in [-0.15, -0.1) is 0 Å². The molecule has 1 atom stereocenters. The number of methoxy groups -OCH3 is 1. The highest BCUT2D eigenvalue weighted by Crippen LogP contribution is 2.38. The Labute approximate surface area is 150 Å². The maximum Gasteiger partial charge on any atom is 0.343 e. The summed E-state index contributed by atoms with van der Waals surface area (Å²) >= 11 is 0. The lowest BCUT2D eigenvalue weighted by Crippen LogP contribution is -2.31. The number of urea groups is 1. The molecular weight excluding hydrogens is 340 g/mol. The summed E-state index contributed by atoms with van der Waals surface area (Å²) < 4.78 is 14.9. The molecule has 0 bridgehead atoms. The van der Waals surface area contributed by atoms with Crippen LogP contribution in [0, 0.1) is 0 Å². The predicted octanol–water partition coefficient (Wildman–Crippen LogP) is 2.38. The molecule has 1 aromatic carbocycles. The first kappa shape index (κ1) is 17.7. The minimum Gasteiger partial charge on any atom is -0.482 e. The molecule has 2 aromatic rings. The van der Waals surface area contributed by atoms with Crippen LogP contribution in [-0.4, -0.2) is 35.9 Å². The molecule has 0 spiro atoms. The molecule has 2 amide bonds. The van der Waals surface area contributed by atoms with Gasteiger partial charge in [0.05, 0.1) is 7.11 Å². The van der Waals surface area contributed by atoms with Crippen molar-refractivity contribution in [1.82, 2.24) is 15.5 Å². The second-order valence-corrected chi connectivity index (χ2v) is 5.97. The Bertz CT molecular complexity index is 770. The van der Waals surface area contributed by atoms with Crippen LogP contribution in [-0.2, 0) is 9.53 Å². The van der Waals surface area contributed by atoms with Gasteiger partial charge in [-0.2, -0.15) is 4.98 Å². The van der Waals surface area contributed by atoms with E-state index in [4.69, 9.17) is 9.26 Å². The molecule has 0 unspecified atom stereocenters. The Morgan fingerprint density at radius 1 is 1.31 bits per heavy atom. The zero-order chi connectivity index (χ0) is 18.5. The van der Waals surface area contributed by atoms with Crippen molar-refractivity contribution >= 4 is 17.7 Å². The number of carbonyl (C=O) groups excluding carboxylic acids is 2. The van der Waals surface area contributed by atoms with Gasteiger partial charge in [0.25, 0.3) is 0 Å². The van der Waals surface area contributed by atoms with Crippen molar-refractivity contribution in [1.29, 1.82) is 0 Å². The van der Waals surface area contributed by atoms with Crippen molar-refractivity contribution in [2.24, 2.45) is 0 Å². The van der Waals surface area contributed by atoms with Gasteiger partial charge in [0, 0.05) is 11.6 Å². The van der Waals surface area contributed by atoms with Gasteiger partial charge in [0.1, 0.15) is 11.8 Å². The second-order valence-electron chi connectivity index (χ2n) is 5.97. The van der Waals surface area contributed by atoms with Crippen molar-refractivity contribution in [3.63, 3.8) is 0 Å². The lowest BCUT2D eigenvalue weighted by Gasteiger charge is -2.11. The molecule has 0 radical (unpaired) electrons. The number of rotatable bonds is 7. The number of hydrogen-bond donors (Lipinski definition) is 2. The second kappa shape index (κ2) is 7.85. The van der Waals surface area contributed by atoms with Crippen molar-refractivity contribution in [3.05, 3.63) is 36.0 Å². The first-order valence-corrected chi connectivity index (χ1v) is 8.26. The molecule has 0 saturated heterocycles. The molecular formula is C17H20N4O5. The molecule has 3 rings (SSSR count). The molecule has 1 aliphatic carbocycles. The van der Waals surface area contributed by atoms with E-state index in [9.17, 15) is 9.59 Å². The summed E-state index contributed by atoms with van der Waals surface area (Å²) in [7, 11) is 1.29. The van der Waals surface area contributed by atoms with E-state index in [-0.39, 0.29) is 6.61 Å². The molecule has 1 fully saturated rings. The summed E-state index contributed by atoms with van der Waals surface area (Å²) in [6, 6.07) is 5.80. The first-order valence-electron chi connectivity index (χ1n) is 8.26. The fourth-order valence-electron chi connectivity index (χ4n) is 2.19. The van der Waals surface area contributed by atoms with Crippen molar-refractivity contribution in [2.75, 3.05) is 19.0 Å². The van der Waals surface area contributed by atoms with Crippen LogP contribution in [0.1, 0.15) is 43.4 Å². The standard InChI is InChI=1S/C17H20N4O5/c1-10(16-20-15(21-26-16)11-3-4-11)18-17(23)19-12-5-7-13(8-6-12)25-9-14(22)24-2/h5-8,10-11H,3-4,9H2,1-2H3,(H2,18,19,23)/t10-/m1/s1. The number of benzene rings is 1. The Hall–Kier alpha value is -3.10. The Balaban J connectivity index is 1.48. The minimum absolute atomic E-state index is 0.172. The van der Waals surface area contributed by atoms with E-state index in [1.807, 2.05) is 0 Å². The van der Waals surface area contributed by atoms with Crippen LogP contribution in [0.15, 0.2) is 28.8 Å². The summed E-state index contributed by atoms with van der Waals surface area (Å²) in [5.74, 6) is 1.51. The highest BCUT2D eigenvalue weighted by Gasteiger charge is 2.29. The fraction of sp³-hybridized carbons (Fsp3) is 0.412. The molecule has 1 heterocycles. The van der Waals surface area contributed by atoms with E-state index < -0.39 is 18.0 Å². The summed E-state index contributed by atoms with van der Waals surface area (Å²) in [4.78, 5) is 27.4. The van der Waals surface area contributed by atoms with Gasteiger partial charge in [-0.1, -0.05) is 5.16 Å². The van der Waals surface area contributed by atoms with Crippen LogP contribution in [0.2, 0.25) is 0 Å². The molecule has 1 aromatic heterocycles. The predicted molar refractivity (Wildman–Crippen MR) is 90.8 cm³/mol. The number of carbonyl (C=O) groups is 2. The third-order valence-electron chi connectivity index (χ3n) is 3.81. The summed E-state index contributed by atoms with van der Waals surface area (Å²) in [5, 5.41) is 9.37. The van der Waals surface area contributed by atoms with Crippen molar-refractivity contribution < 1.29 is 23.6 Å². The largest absolute Gasteiger partial charge is 0.482 e. The zero-order valence-corrected chi connectivity index (χ0v) is 14.5. The quantitative estimate of drug-likeness (QED) is 0.728. The van der Waals surface area contributed by atoms with E-state index in [0.29, 0.717) is 29.1 Å². The van der Waals surface area contributed by atoms with Gasteiger partial charge < -0.3 is 24.6 Å². The first-order chi connectivity index (χ1) is 12.5. The average molecular weight is 360 g/mol. The van der Waals surface area contributed by atoms with Gasteiger partial charge >= 0.3 is 12.0 Å². The topological polar surface area (TPSA) is 116 Å². The monoisotopic (exact) mass is 360 g/mol. The van der Waals surface area contributed by atoms with Crippen molar-refractivity contribution in [3.8, 4) is 5.75 Å². The van der Waals surface area contributed by atoms with Gasteiger partial charge in [-0.25, -0.2) is 9.59 Å². The average Bonchev–Trinajstić information content (AvgIpc) is 3.37. The molecule has 1 saturated carbocycles. The lowest BCUT2D eigenvalue weighted by molar-refractivity contribution is -0.142. The summed E-state index contributed by atoms with van der Waals surface area (Å²) in [6.07, 6.45) is 2.17. The minimum atomic E-state index is -0.466. The van der Waals surface area contributed by atoms with Crippen LogP contribution in [0.5, 0.6) is 5.75 Å². The van der Waals surface area contributed by atoms with Crippen LogP contribution in [0.25, 0.3) is 0 Å². The zero-order valence-electron chi connectivity index (χ0n) is 14.5. The molecule has 138 valence electrons. The molecule has 2 N–H and O–H groups in total. The lowest BCUT2D eigenvalue weighted by atomic mass is 10.3. The Morgan fingerprint density at radius 3 is 2.69 bits per heavy atom. The molecule has 0 aliphatic heterocycles. The van der Waals surface area contributed by atoms with E-state index >= 15 is 0 Å². The van der Waals surface area contributed by atoms with Crippen molar-refractivity contribution in [2.45, 2.75) is 31.7 Å². The van der Waals surface area contributed by atoms with Gasteiger partial charge in [-0.3, -0.25) is 0 Å². The number of ether oxygens (including phenoxy) is 2. The fourth-order valence-corrected chi connectivity index (χ4v) is 2.19. The van der Waals surface area contributed by atoms with Crippen LogP contribution in [0.3, 0.4) is 0 Å². The number of esters is 1. The Morgan fingerprint density at radius 2 is 2.04 bits per heavy atom. The third kappa shape index (κ3) is 4.71. The number of aromatic nitrogens is 2. The number of amides is 2. The molecule has 1 aliphatic rings. The number of nitrogens with one attached hydrogen (secondary N) is 2. The third-order valence-corrected chi connectivity index (χ3v) is 3.81. The van der Waals surface area contributed by atoms with Crippen LogP contribution in [0.4, 0.5) is 10.5 Å². The molecule has 9 nitrogen and oxygen atoms in total.